The molecule has 1 aliphatic carbocycles. The van der Waals surface area contributed by atoms with Crippen LogP contribution >= 0.6 is 0 Å². The van der Waals surface area contributed by atoms with Gasteiger partial charge in [0.1, 0.15) is 0 Å². The Labute approximate surface area is 109 Å². The number of hydrogen-bond acceptors (Lipinski definition) is 2. The highest BCUT2D eigenvalue weighted by molar-refractivity contribution is 5.75. The van der Waals surface area contributed by atoms with Crippen molar-refractivity contribution in [3.63, 3.8) is 0 Å². The van der Waals surface area contributed by atoms with Gasteiger partial charge in [0.25, 0.3) is 0 Å². The number of rotatable bonds is 4. The minimum absolute atomic E-state index is 0.0138. The van der Waals surface area contributed by atoms with Crippen LogP contribution in [-0.4, -0.2) is 41.6 Å². The molecule has 1 atom stereocenters. The number of hydrogen-bond donors (Lipinski definition) is 2. The van der Waals surface area contributed by atoms with Crippen LogP contribution in [0.5, 0.6) is 0 Å². The average Bonchev–Trinajstić information content (AvgIpc) is 2.24. The van der Waals surface area contributed by atoms with E-state index in [2.05, 4.69) is 19.2 Å². The van der Waals surface area contributed by atoms with E-state index in [0.29, 0.717) is 0 Å². The zero-order chi connectivity index (χ0) is 13.8. The summed E-state index contributed by atoms with van der Waals surface area (Å²) < 4.78 is 0. The Bertz CT molecular complexity index is 315. The number of urea groups is 1. The maximum Gasteiger partial charge on any atom is 0.317 e. The van der Waals surface area contributed by atoms with Crippen LogP contribution in [0.15, 0.2) is 0 Å². The predicted octanol–water partition coefficient (Wildman–Crippen LogP) is 2.07. The molecule has 2 N–H and O–H groups in total. The molecule has 5 heteroatoms. The van der Waals surface area contributed by atoms with Crippen molar-refractivity contribution < 1.29 is 14.7 Å². The van der Waals surface area contributed by atoms with Gasteiger partial charge in [-0.05, 0) is 24.7 Å². The molecule has 0 radical (unpaired) electrons. The maximum atomic E-state index is 11.9. The first-order valence-corrected chi connectivity index (χ1v) is 6.53. The fraction of sp³-hybridized carbons (Fsp3) is 0.846. The summed E-state index contributed by atoms with van der Waals surface area (Å²) in [6.45, 7) is 4.69. The molecule has 0 aromatic carbocycles. The van der Waals surface area contributed by atoms with E-state index in [9.17, 15) is 9.59 Å². The Morgan fingerprint density at radius 1 is 1.44 bits per heavy atom. The number of carboxylic acid groups (broad SMARTS) is 1. The second-order valence-electron chi connectivity index (χ2n) is 5.97. The molecule has 18 heavy (non-hydrogen) atoms. The maximum absolute atomic E-state index is 11.9. The van der Waals surface area contributed by atoms with E-state index in [-0.39, 0.29) is 30.5 Å². The highest BCUT2D eigenvalue weighted by Gasteiger charge is 2.29. The van der Waals surface area contributed by atoms with E-state index in [0.717, 1.165) is 19.3 Å². The normalized spacial score (nSPS) is 22.3. The van der Waals surface area contributed by atoms with Gasteiger partial charge in [-0.2, -0.15) is 0 Å². The SMILES string of the molecule is CN(CCC(=O)O)C(=O)NC1CCCC(C)(C)C1. The van der Waals surface area contributed by atoms with Crippen molar-refractivity contribution in [3.8, 4) is 0 Å². The summed E-state index contributed by atoms with van der Waals surface area (Å²) in [4.78, 5) is 23.7. The zero-order valence-electron chi connectivity index (χ0n) is 11.5. The highest BCUT2D eigenvalue weighted by atomic mass is 16.4. The van der Waals surface area contributed by atoms with Gasteiger partial charge in [0.05, 0.1) is 6.42 Å². The standard InChI is InChI=1S/C13H24N2O3/c1-13(2)7-4-5-10(9-13)14-12(18)15(3)8-6-11(16)17/h10H,4-9H2,1-3H3,(H,14,18)(H,16,17). The molecule has 0 bridgehead atoms. The van der Waals surface area contributed by atoms with Crippen LogP contribution in [0.25, 0.3) is 0 Å². The first-order valence-electron chi connectivity index (χ1n) is 6.53. The van der Waals surface area contributed by atoms with Crippen LogP contribution in [0.2, 0.25) is 0 Å². The Morgan fingerprint density at radius 2 is 2.11 bits per heavy atom. The van der Waals surface area contributed by atoms with Crippen molar-refractivity contribution in [2.24, 2.45) is 5.41 Å². The van der Waals surface area contributed by atoms with Gasteiger partial charge < -0.3 is 15.3 Å². The smallest absolute Gasteiger partial charge is 0.317 e. The summed E-state index contributed by atoms with van der Waals surface area (Å²) in [5.74, 6) is -0.881. The third-order valence-electron chi connectivity index (χ3n) is 3.54. The molecule has 0 saturated heterocycles. The molecule has 1 rings (SSSR count). The van der Waals surface area contributed by atoms with Crippen LogP contribution in [0, 0.1) is 5.41 Å². The number of nitrogens with zero attached hydrogens (tertiary/aromatic N) is 1. The Balaban J connectivity index is 2.37. The van der Waals surface area contributed by atoms with E-state index >= 15 is 0 Å². The van der Waals surface area contributed by atoms with E-state index in [4.69, 9.17) is 5.11 Å². The molecule has 1 saturated carbocycles. The van der Waals surface area contributed by atoms with Gasteiger partial charge in [-0.3, -0.25) is 4.79 Å². The van der Waals surface area contributed by atoms with Crippen LogP contribution in [-0.2, 0) is 4.79 Å². The molecule has 0 spiro atoms. The minimum atomic E-state index is -0.881. The number of amides is 2. The Hall–Kier alpha value is -1.26. The lowest BCUT2D eigenvalue weighted by Crippen LogP contribution is -2.46. The summed E-state index contributed by atoms with van der Waals surface area (Å²) in [5.41, 5.74) is 0.288. The van der Waals surface area contributed by atoms with Gasteiger partial charge in [0.2, 0.25) is 0 Å². The molecule has 1 fully saturated rings. The number of carbonyl (C=O) groups is 2. The van der Waals surface area contributed by atoms with E-state index in [1.165, 1.54) is 11.3 Å². The lowest BCUT2D eigenvalue weighted by atomic mass is 9.75. The number of nitrogens with one attached hydrogen (secondary N) is 1. The Kier molecular flexibility index (Phi) is 4.99. The molecule has 104 valence electrons. The Morgan fingerprint density at radius 3 is 2.67 bits per heavy atom. The molecule has 1 aliphatic rings. The molecule has 1 unspecified atom stereocenters. The van der Waals surface area contributed by atoms with Crippen molar-refractivity contribution in [2.75, 3.05) is 13.6 Å². The van der Waals surface area contributed by atoms with Crippen LogP contribution in [0.4, 0.5) is 4.79 Å². The lowest BCUT2D eigenvalue weighted by Gasteiger charge is -2.36. The molecule has 5 nitrogen and oxygen atoms in total. The highest BCUT2D eigenvalue weighted by Crippen LogP contribution is 2.35. The molecule has 0 heterocycles. The fourth-order valence-corrected chi connectivity index (χ4v) is 2.47. The molecule has 0 aliphatic heterocycles. The van der Waals surface area contributed by atoms with Crippen LogP contribution < -0.4 is 5.32 Å². The summed E-state index contributed by atoms with van der Waals surface area (Å²) >= 11 is 0. The van der Waals surface area contributed by atoms with Gasteiger partial charge in [-0.1, -0.05) is 20.3 Å². The van der Waals surface area contributed by atoms with Crippen molar-refractivity contribution in [1.29, 1.82) is 0 Å². The number of aliphatic carboxylic acids is 1. The summed E-state index contributed by atoms with van der Waals surface area (Å²) in [6.07, 6.45) is 4.33. The average molecular weight is 256 g/mol. The third-order valence-corrected chi connectivity index (χ3v) is 3.54. The van der Waals surface area contributed by atoms with Crippen molar-refractivity contribution >= 4 is 12.0 Å². The molecular formula is C13H24N2O3. The number of carbonyl (C=O) groups excluding carboxylic acids is 1. The molecule has 2 amide bonds. The molecule has 0 aromatic rings. The van der Waals surface area contributed by atoms with Gasteiger partial charge in [0, 0.05) is 19.6 Å². The first-order chi connectivity index (χ1) is 8.30. The zero-order valence-corrected chi connectivity index (χ0v) is 11.5. The van der Waals surface area contributed by atoms with Gasteiger partial charge in [-0.15, -0.1) is 0 Å². The minimum Gasteiger partial charge on any atom is -0.481 e. The molecule has 0 aromatic heterocycles. The molecular weight excluding hydrogens is 232 g/mol. The summed E-state index contributed by atoms with van der Waals surface area (Å²) in [5, 5.41) is 11.6. The second kappa shape index (κ2) is 6.07. The van der Waals surface area contributed by atoms with E-state index < -0.39 is 5.97 Å². The predicted molar refractivity (Wildman–Crippen MR) is 69.5 cm³/mol. The van der Waals surface area contributed by atoms with E-state index in [1.807, 2.05) is 0 Å². The summed E-state index contributed by atoms with van der Waals surface area (Å²) in [7, 11) is 1.63. The van der Waals surface area contributed by atoms with Gasteiger partial charge >= 0.3 is 12.0 Å². The lowest BCUT2D eigenvalue weighted by molar-refractivity contribution is -0.137. The van der Waals surface area contributed by atoms with Gasteiger partial charge in [-0.25, -0.2) is 4.79 Å². The first kappa shape index (κ1) is 14.8. The third kappa shape index (κ3) is 4.94. The number of carboxylic acids is 1. The van der Waals surface area contributed by atoms with Crippen LogP contribution in [0.3, 0.4) is 0 Å². The topological polar surface area (TPSA) is 69.6 Å². The fourth-order valence-electron chi connectivity index (χ4n) is 2.47. The largest absolute Gasteiger partial charge is 0.481 e. The second-order valence-corrected chi connectivity index (χ2v) is 5.97. The monoisotopic (exact) mass is 256 g/mol. The quantitative estimate of drug-likeness (QED) is 0.809. The van der Waals surface area contributed by atoms with Gasteiger partial charge in [0.15, 0.2) is 0 Å². The van der Waals surface area contributed by atoms with Crippen molar-refractivity contribution in [2.45, 2.75) is 52.0 Å². The summed E-state index contributed by atoms with van der Waals surface area (Å²) in [6, 6.07) is 0.0486. The van der Waals surface area contributed by atoms with Crippen molar-refractivity contribution in [3.05, 3.63) is 0 Å². The van der Waals surface area contributed by atoms with Crippen LogP contribution in [0.1, 0.15) is 46.0 Å². The van der Waals surface area contributed by atoms with Crippen molar-refractivity contribution in [1.82, 2.24) is 10.2 Å². The van der Waals surface area contributed by atoms with E-state index in [1.54, 1.807) is 7.05 Å².